The Morgan fingerprint density at radius 1 is 1.06 bits per heavy atom. The highest BCUT2D eigenvalue weighted by Crippen LogP contribution is 2.34. The average Bonchev–Trinajstić information content (AvgIpc) is 2.12. The van der Waals surface area contributed by atoms with E-state index in [2.05, 4.69) is 18.4 Å². The second-order valence-electron chi connectivity index (χ2n) is 3.71. The smallest absolute Gasteiger partial charge is 0.394 e. The fourth-order valence-electron chi connectivity index (χ4n) is 0.668. The van der Waals surface area contributed by atoms with Gasteiger partial charge in [-0.15, -0.1) is 0 Å². The van der Waals surface area contributed by atoms with Crippen molar-refractivity contribution in [3.05, 3.63) is 0 Å². The van der Waals surface area contributed by atoms with Crippen LogP contribution in [0.2, 0.25) is 0 Å². The van der Waals surface area contributed by atoms with Crippen LogP contribution in [0.1, 0.15) is 60.3 Å². The zero-order valence-electron chi connectivity index (χ0n) is 11.7. The van der Waals surface area contributed by atoms with Crippen LogP contribution in [-0.2, 0) is 9.09 Å². The van der Waals surface area contributed by atoms with Crippen molar-refractivity contribution in [1.29, 1.82) is 0 Å². The number of phosphoric acid groups is 1. The first-order chi connectivity index (χ1) is 7.71. The molecule has 0 aliphatic heterocycles. The van der Waals surface area contributed by atoms with Gasteiger partial charge in [0.2, 0.25) is 0 Å². The largest absolute Gasteiger partial charge is 0.469 e. The Kier molecular flexibility index (Phi) is 21.0. The summed E-state index contributed by atoms with van der Waals surface area (Å²) in [7, 11) is -4.17. The minimum absolute atomic E-state index is 0.0459. The monoisotopic (exact) mass is 272 g/mol. The van der Waals surface area contributed by atoms with Crippen LogP contribution in [-0.4, -0.2) is 27.6 Å². The van der Waals surface area contributed by atoms with Crippen LogP contribution < -0.4 is 0 Å². The second-order valence-corrected chi connectivity index (χ2v) is 4.95. The third kappa shape index (κ3) is 63.6. The van der Waals surface area contributed by atoms with Gasteiger partial charge in [-0.3, -0.25) is 4.52 Å². The molecular formula is C11H29O5P. The highest BCUT2D eigenvalue weighted by molar-refractivity contribution is 7.46. The van der Waals surface area contributed by atoms with Crippen LogP contribution in [0.4, 0.5) is 0 Å². The third-order valence-corrected chi connectivity index (χ3v) is 1.85. The lowest BCUT2D eigenvalue weighted by atomic mass is 10.2. The minimum atomic E-state index is -4.17. The number of phosphoric ester groups is 1. The lowest BCUT2D eigenvalue weighted by Gasteiger charge is -1.98. The Balaban J connectivity index is -0.000000180. The second kappa shape index (κ2) is 16.1. The van der Waals surface area contributed by atoms with Crippen molar-refractivity contribution in [2.24, 2.45) is 0 Å². The molecule has 0 aromatic carbocycles. The van der Waals surface area contributed by atoms with Crippen LogP contribution in [0.3, 0.4) is 0 Å². The number of aliphatic hydroxyl groups excluding tert-OH is 1. The first-order valence-electron chi connectivity index (χ1n) is 6.09. The predicted molar refractivity (Wildman–Crippen MR) is 70.8 cm³/mol. The fraction of sp³-hybridized carbons (Fsp3) is 1.00. The number of hydrogen-bond donors (Lipinski definition) is 3. The highest BCUT2D eigenvalue weighted by atomic mass is 31.2. The molecular weight excluding hydrogens is 243 g/mol. The number of aliphatic hydroxyl groups is 1. The fourth-order valence-corrected chi connectivity index (χ4v) is 1.00. The molecule has 17 heavy (non-hydrogen) atoms. The molecule has 0 unspecified atom stereocenters. The predicted octanol–water partition coefficient (Wildman–Crippen LogP) is 3.09. The summed E-state index contributed by atoms with van der Waals surface area (Å²) in [6, 6.07) is 0. The average molecular weight is 272 g/mol. The SMILES string of the molecule is CC(C)O.CCCCCC.CCOP(=O)(O)O. The van der Waals surface area contributed by atoms with Crippen molar-refractivity contribution in [3.8, 4) is 0 Å². The van der Waals surface area contributed by atoms with Gasteiger partial charge in [0.05, 0.1) is 6.61 Å². The Hall–Kier alpha value is 0.0700. The zero-order chi connectivity index (χ0) is 14.3. The van der Waals surface area contributed by atoms with Gasteiger partial charge in [-0.05, 0) is 20.8 Å². The molecule has 0 amide bonds. The topological polar surface area (TPSA) is 87.0 Å². The molecule has 0 spiro atoms. The van der Waals surface area contributed by atoms with Crippen LogP contribution in [0.15, 0.2) is 0 Å². The molecule has 0 aliphatic rings. The van der Waals surface area contributed by atoms with E-state index >= 15 is 0 Å². The molecule has 0 aromatic heterocycles. The van der Waals surface area contributed by atoms with Gasteiger partial charge in [0, 0.05) is 6.10 Å². The van der Waals surface area contributed by atoms with E-state index in [0.717, 1.165) is 0 Å². The van der Waals surface area contributed by atoms with Crippen molar-refractivity contribution in [2.45, 2.75) is 66.4 Å². The summed E-state index contributed by atoms with van der Waals surface area (Å²) in [6.45, 7) is 9.47. The Bertz CT molecular complexity index is 160. The molecule has 3 N–H and O–H groups in total. The van der Waals surface area contributed by atoms with Gasteiger partial charge in [0.15, 0.2) is 0 Å². The van der Waals surface area contributed by atoms with Crippen molar-refractivity contribution < 1.29 is 24.0 Å². The van der Waals surface area contributed by atoms with Crippen LogP contribution >= 0.6 is 7.82 Å². The van der Waals surface area contributed by atoms with Gasteiger partial charge in [-0.1, -0.05) is 39.5 Å². The maximum atomic E-state index is 9.70. The molecule has 6 heteroatoms. The summed E-state index contributed by atoms with van der Waals surface area (Å²) >= 11 is 0. The van der Waals surface area contributed by atoms with Crippen molar-refractivity contribution in [3.63, 3.8) is 0 Å². The van der Waals surface area contributed by atoms with Crippen LogP contribution in [0.25, 0.3) is 0 Å². The van der Waals surface area contributed by atoms with Gasteiger partial charge in [0.1, 0.15) is 0 Å². The van der Waals surface area contributed by atoms with Gasteiger partial charge >= 0.3 is 7.82 Å². The minimum Gasteiger partial charge on any atom is -0.394 e. The van der Waals surface area contributed by atoms with E-state index in [1.54, 1.807) is 13.8 Å². The van der Waals surface area contributed by atoms with Crippen molar-refractivity contribution >= 4 is 7.82 Å². The molecule has 0 bridgehead atoms. The summed E-state index contributed by atoms with van der Waals surface area (Å²) in [5.41, 5.74) is 0. The molecule has 0 rings (SSSR count). The normalized spacial score (nSPS) is 10.2. The van der Waals surface area contributed by atoms with E-state index in [1.165, 1.54) is 32.6 Å². The molecule has 0 fully saturated rings. The molecule has 0 atom stereocenters. The number of rotatable bonds is 5. The van der Waals surface area contributed by atoms with Gasteiger partial charge < -0.3 is 14.9 Å². The van der Waals surface area contributed by atoms with Crippen LogP contribution in [0, 0.1) is 0 Å². The lowest BCUT2D eigenvalue weighted by Crippen LogP contribution is -1.85. The molecule has 108 valence electrons. The first kappa shape index (κ1) is 22.3. The maximum absolute atomic E-state index is 9.70. The van der Waals surface area contributed by atoms with E-state index < -0.39 is 7.82 Å². The molecule has 0 saturated carbocycles. The van der Waals surface area contributed by atoms with E-state index in [0.29, 0.717) is 0 Å². The van der Waals surface area contributed by atoms with E-state index in [1.807, 2.05) is 0 Å². The first-order valence-corrected chi connectivity index (χ1v) is 7.62. The molecule has 0 aliphatic carbocycles. The summed E-state index contributed by atoms with van der Waals surface area (Å²) in [5, 5.41) is 8.06. The summed E-state index contributed by atoms with van der Waals surface area (Å²) in [6.07, 6.45) is 5.37. The third-order valence-electron chi connectivity index (χ3n) is 1.25. The van der Waals surface area contributed by atoms with E-state index in [9.17, 15) is 4.57 Å². The van der Waals surface area contributed by atoms with Crippen molar-refractivity contribution in [1.82, 2.24) is 0 Å². The zero-order valence-corrected chi connectivity index (χ0v) is 12.6. The molecule has 0 heterocycles. The quantitative estimate of drug-likeness (QED) is 0.529. The molecule has 0 radical (unpaired) electrons. The Morgan fingerprint density at radius 3 is 1.41 bits per heavy atom. The van der Waals surface area contributed by atoms with E-state index in [-0.39, 0.29) is 12.7 Å². The highest BCUT2D eigenvalue weighted by Gasteiger charge is 2.10. The summed E-state index contributed by atoms with van der Waals surface area (Å²) in [4.78, 5) is 15.8. The lowest BCUT2D eigenvalue weighted by molar-refractivity contribution is 0.206. The van der Waals surface area contributed by atoms with Gasteiger partial charge in [0.25, 0.3) is 0 Å². The Labute approximate surface area is 105 Å². The maximum Gasteiger partial charge on any atom is 0.469 e. The molecule has 5 nitrogen and oxygen atoms in total. The summed E-state index contributed by atoms with van der Waals surface area (Å²) in [5.74, 6) is 0. The number of unbranched alkanes of at least 4 members (excludes halogenated alkanes) is 3. The molecule has 0 saturated heterocycles. The standard InChI is InChI=1S/C6H14.C3H8O.C2H7O4P/c1-3-5-6-4-2;1-3(2)4;1-2-6-7(3,4)5/h3-6H2,1-2H3;3-4H,1-2H3;2H2,1H3,(H2,3,4,5). The van der Waals surface area contributed by atoms with Crippen molar-refractivity contribution in [2.75, 3.05) is 6.61 Å². The summed E-state index contributed by atoms with van der Waals surface area (Å²) < 4.78 is 13.6. The van der Waals surface area contributed by atoms with Gasteiger partial charge in [-0.2, -0.15) is 0 Å². The van der Waals surface area contributed by atoms with Gasteiger partial charge in [-0.25, -0.2) is 4.57 Å². The van der Waals surface area contributed by atoms with E-state index in [4.69, 9.17) is 14.9 Å². The molecule has 0 aromatic rings. The Morgan fingerprint density at radius 2 is 1.35 bits per heavy atom. The van der Waals surface area contributed by atoms with Crippen LogP contribution in [0.5, 0.6) is 0 Å². The number of hydrogen-bond acceptors (Lipinski definition) is 3.